The Balaban J connectivity index is 2.17. The summed E-state index contributed by atoms with van der Waals surface area (Å²) in [5.41, 5.74) is 5.96. The van der Waals surface area contributed by atoms with Gasteiger partial charge in [0, 0.05) is 30.0 Å². The minimum atomic E-state index is 0.403. The predicted octanol–water partition coefficient (Wildman–Crippen LogP) is 3.01. The first-order valence-electron chi connectivity index (χ1n) is 7.47. The molecule has 108 valence electrons. The van der Waals surface area contributed by atoms with Gasteiger partial charge in [-0.25, -0.2) is 4.98 Å². The molecule has 0 radical (unpaired) electrons. The number of anilines is 1. The maximum absolute atomic E-state index is 5.96. The normalized spacial score (nSPS) is 23.8. The number of hydrogen-bond donors (Lipinski definition) is 1. The fourth-order valence-electron chi connectivity index (χ4n) is 2.96. The van der Waals surface area contributed by atoms with Gasteiger partial charge in [0.25, 0.3) is 0 Å². The minimum absolute atomic E-state index is 0.403. The van der Waals surface area contributed by atoms with Crippen molar-refractivity contribution < 1.29 is 0 Å². The molecule has 2 atom stereocenters. The minimum Gasteiger partial charge on any atom is -0.344 e. The standard InChI is InChI=1S/C14H26N4S/c1-4-18(12-8-6-5-7-11(12)9-15)14-16-13(10(2)3)17-19-14/h10-12H,4-9,15H2,1-3H3. The highest BCUT2D eigenvalue weighted by molar-refractivity contribution is 7.09. The number of nitrogens with zero attached hydrogens (tertiary/aromatic N) is 3. The molecule has 0 aromatic carbocycles. The SMILES string of the molecule is CCN(c1nc(C(C)C)ns1)C1CCCCC1CN. The Morgan fingerprint density at radius 2 is 2.11 bits per heavy atom. The molecule has 1 aliphatic rings. The highest BCUT2D eigenvalue weighted by Crippen LogP contribution is 2.32. The molecule has 1 fully saturated rings. The summed E-state index contributed by atoms with van der Waals surface area (Å²) >= 11 is 1.54. The van der Waals surface area contributed by atoms with Crippen LogP contribution in [-0.4, -0.2) is 28.5 Å². The van der Waals surface area contributed by atoms with Gasteiger partial charge in [0.15, 0.2) is 0 Å². The lowest BCUT2D eigenvalue weighted by Gasteiger charge is -2.38. The summed E-state index contributed by atoms with van der Waals surface area (Å²) in [6.45, 7) is 8.28. The van der Waals surface area contributed by atoms with Gasteiger partial charge in [0.1, 0.15) is 5.82 Å². The van der Waals surface area contributed by atoms with Crippen LogP contribution >= 0.6 is 11.5 Å². The summed E-state index contributed by atoms with van der Waals surface area (Å²) < 4.78 is 4.49. The predicted molar refractivity (Wildman–Crippen MR) is 81.8 cm³/mol. The molecule has 1 aromatic rings. The third-order valence-electron chi connectivity index (χ3n) is 4.11. The second kappa shape index (κ2) is 6.66. The third-order valence-corrected chi connectivity index (χ3v) is 4.87. The Hall–Kier alpha value is -0.680. The maximum Gasteiger partial charge on any atom is 0.205 e. The van der Waals surface area contributed by atoms with Gasteiger partial charge < -0.3 is 10.6 Å². The lowest BCUT2D eigenvalue weighted by Crippen LogP contribution is -2.45. The van der Waals surface area contributed by atoms with E-state index < -0.39 is 0 Å². The molecule has 0 spiro atoms. The van der Waals surface area contributed by atoms with E-state index in [0.717, 1.165) is 24.0 Å². The molecule has 2 unspecified atom stereocenters. The average Bonchev–Trinajstić information content (AvgIpc) is 2.90. The van der Waals surface area contributed by atoms with E-state index in [4.69, 9.17) is 10.7 Å². The van der Waals surface area contributed by atoms with Gasteiger partial charge in [0.2, 0.25) is 5.13 Å². The van der Waals surface area contributed by atoms with Crippen molar-refractivity contribution in [2.24, 2.45) is 11.7 Å². The number of rotatable bonds is 5. The van der Waals surface area contributed by atoms with Crippen molar-refractivity contribution in [2.75, 3.05) is 18.0 Å². The molecule has 0 bridgehead atoms. The monoisotopic (exact) mass is 282 g/mol. The van der Waals surface area contributed by atoms with E-state index in [2.05, 4.69) is 30.0 Å². The summed E-state index contributed by atoms with van der Waals surface area (Å²) in [6.07, 6.45) is 5.14. The molecule has 1 aromatic heterocycles. The van der Waals surface area contributed by atoms with Crippen LogP contribution in [-0.2, 0) is 0 Å². The van der Waals surface area contributed by atoms with Gasteiger partial charge in [-0.1, -0.05) is 26.7 Å². The zero-order chi connectivity index (χ0) is 13.8. The molecule has 0 saturated heterocycles. The summed E-state index contributed by atoms with van der Waals surface area (Å²) in [5.74, 6) is 1.99. The van der Waals surface area contributed by atoms with Crippen molar-refractivity contribution in [1.29, 1.82) is 0 Å². The highest BCUT2D eigenvalue weighted by Gasteiger charge is 2.30. The van der Waals surface area contributed by atoms with Crippen molar-refractivity contribution in [3.8, 4) is 0 Å². The molecule has 19 heavy (non-hydrogen) atoms. The molecule has 1 aliphatic carbocycles. The molecule has 0 amide bonds. The fourth-order valence-corrected chi connectivity index (χ4v) is 3.89. The Morgan fingerprint density at radius 1 is 1.37 bits per heavy atom. The fraction of sp³-hybridized carbons (Fsp3) is 0.857. The molecule has 4 nitrogen and oxygen atoms in total. The molecule has 2 N–H and O–H groups in total. The van der Waals surface area contributed by atoms with Gasteiger partial charge in [0.05, 0.1) is 0 Å². The van der Waals surface area contributed by atoms with E-state index in [1.165, 1.54) is 25.7 Å². The summed E-state index contributed by atoms with van der Waals surface area (Å²) in [7, 11) is 0. The van der Waals surface area contributed by atoms with Crippen LogP contribution in [0.5, 0.6) is 0 Å². The van der Waals surface area contributed by atoms with Crippen LogP contribution in [0.25, 0.3) is 0 Å². The molecular weight excluding hydrogens is 256 g/mol. The van der Waals surface area contributed by atoms with Gasteiger partial charge in [-0.05, 0) is 32.2 Å². The topological polar surface area (TPSA) is 55.0 Å². The van der Waals surface area contributed by atoms with Crippen molar-refractivity contribution >= 4 is 16.7 Å². The van der Waals surface area contributed by atoms with Gasteiger partial charge in [-0.2, -0.15) is 4.37 Å². The quantitative estimate of drug-likeness (QED) is 0.902. The maximum atomic E-state index is 5.96. The van der Waals surface area contributed by atoms with Crippen molar-refractivity contribution in [3.63, 3.8) is 0 Å². The molecule has 1 heterocycles. The van der Waals surface area contributed by atoms with Crippen LogP contribution in [0.15, 0.2) is 0 Å². The molecular formula is C14H26N4S. The summed E-state index contributed by atoms with van der Waals surface area (Å²) in [5, 5.41) is 1.08. The Morgan fingerprint density at radius 3 is 2.68 bits per heavy atom. The zero-order valence-corrected chi connectivity index (χ0v) is 13.1. The van der Waals surface area contributed by atoms with Crippen LogP contribution in [0.4, 0.5) is 5.13 Å². The van der Waals surface area contributed by atoms with E-state index in [-0.39, 0.29) is 0 Å². The summed E-state index contributed by atoms with van der Waals surface area (Å²) in [4.78, 5) is 7.15. The lowest BCUT2D eigenvalue weighted by molar-refractivity contribution is 0.300. The first-order valence-corrected chi connectivity index (χ1v) is 8.25. The second-order valence-corrected chi connectivity index (χ2v) is 6.45. The first-order chi connectivity index (χ1) is 9.17. The lowest BCUT2D eigenvalue weighted by atomic mass is 9.83. The van der Waals surface area contributed by atoms with E-state index in [1.807, 2.05) is 0 Å². The van der Waals surface area contributed by atoms with E-state index >= 15 is 0 Å². The van der Waals surface area contributed by atoms with Crippen molar-refractivity contribution in [3.05, 3.63) is 5.82 Å². The largest absolute Gasteiger partial charge is 0.344 e. The summed E-state index contributed by atoms with van der Waals surface area (Å²) in [6, 6.07) is 0.553. The Bertz CT molecular complexity index is 391. The van der Waals surface area contributed by atoms with Crippen molar-refractivity contribution in [1.82, 2.24) is 9.36 Å². The first kappa shape index (κ1) is 14.7. The molecule has 5 heteroatoms. The van der Waals surface area contributed by atoms with Crippen LogP contribution in [0.1, 0.15) is 58.2 Å². The Labute approximate surface area is 120 Å². The molecule has 1 saturated carbocycles. The highest BCUT2D eigenvalue weighted by atomic mass is 32.1. The third kappa shape index (κ3) is 3.26. The van der Waals surface area contributed by atoms with E-state index in [0.29, 0.717) is 17.9 Å². The molecule has 0 aliphatic heterocycles. The van der Waals surface area contributed by atoms with Crippen molar-refractivity contribution in [2.45, 2.75) is 58.4 Å². The van der Waals surface area contributed by atoms with Crippen LogP contribution in [0.3, 0.4) is 0 Å². The van der Waals surface area contributed by atoms with Crippen LogP contribution in [0, 0.1) is 5.92 Å². The number of nitrogens with two attached hydrogens (primary N) is 1. The smallest absolute Gasteiger partial charge is 0.205 e. The second-order valence-electron chi connectivity index (χ2n) is 5.72. The average molecular weight is 282 g/mol. The van der Waals surface area contributed by atoms with Gasteiger partial charge in [-0.15, -0.1) is 0 Å². The zero-order valence-electron chi connectivity index (χ0n) is 12.3. The molecule has 2 rings (SSSR count). The van der Waals surface area contributed by atoms with E-state index in [1.54, 1.807) is 11.5 Å². The van der Waals surface area contributed by atoms with Gasteiger partial charge in [-0.3, -0.25) is 0 Å². The van der Waals surface area contributed by atoms with Crippen LogP contribution in [0.2, 0.25) is 0 Å². The van der Waals surface area contributed by atoms with Gasteiger partial charge >= 0.3 is 0 Å². The number of aromatic nitrogens is 2. The Kier molecular flexibility index (Phi) is 5.16. The van der Waals surface area contributed by atoms with Crippen LogP contribution < -0.4 is 10.6 Å². The number of hydrogen-bond acceptors (Lipinski definition) is 5. The van der Waals surface area contributed by atoms with E-state index in [9.17, 15) is 0 Å².